The van der Waals surface area contributed by atoms with Gasteiger partial charge in [-0.25, -0.2) is 0 Å². The number of carbonyl (C=O) groups excluding carboxylic acids is 1. The van der Waals surface area contributed by atoms with E-state index in [1.54, 1.807) is 30.5 Å². The van der Waals surface area contributed by atoms with Crippen molar-refractivity contribution in [2.45, 2.75) is 0 Å². The molecule has 2 heterocycles. The average Bonchev–Trinajstić information content (AvgIpc) is 2.81. The van der Waals surface area contributed by atoms with Crippen LogP contribution in [0.1, 0.15) is 16.1 Å². The Morgan fingerprint density at radius 1 is 1.03 bits per heavy atom. The fourth-order valence-corrected chi connectivity index (χ4v) is 3.27. The van der Waals surface area contributed by atoms with E-state index in [1.807, 2.05) is 36.4 Å². The van der Waals surface area contributed by atoms with Gasteiger partial charge in [-0.1, -0.05) is 12.1 Å². The molecule has 0 unspecified atom stereocenters. The van der Waals surface area contributed by atoms with E-state index in [1.165, 1.54) is 0 Å². The maximum absolute atomic E-state index is 12.9. The van der Waals surface area contributed by atoms with Crippen LogP contribution in [0.15, 0.2) is 66.9 Å². The summed E-state index contributed by atoms with van der Waals surface area (Å²) >= 11 is 0. The number of hydrogen-bond donors (Lipinski definition) is 2. The number of nitriles is 1. The highest BCUT2D eigenvalue weighted by molar-refractivity contribution is 6.05. The highest BCUT2D eigenvalue weighted by Crippen LogP contribution is 2.27. The Morgan fingerprint density at radius 2 is 1.80 bits per heavy atom. The molecular weight excluding hydrogens is 378 g/mol. The lowest BCUT2D eigenvalue weighted by Gasteiger charge is -2.30. The Kier molecular flexibility index (Phi) is 5.88. The maximum atomic E-state index is 12.9. The molecule has 2 N–H and O–H groups in total. The number of morpholine rings is 1. The normalized spacial score (nSPS) is 13.4. The number of ether oxygens (including phenoxy) is 1. The third kappa shape index (κ3) is 4.57. The van der Waals surface area contributed by atoms with E-state index in [0.717, 1.165) is 35.8 Å². The molecule has 0 bridgehead atoms. The molecule has 30 heavy (non-hydrogen) atoms. The number of hydrogen-bond acceptors (Lipinski definition) is 6. The van der Waals surface area contributed by atoms with Gasteiger partial charge in [-0.2, -0.15) is 5.26 Å². The average molecular weight is 399 g/mol. The molecule has 1 aliphatic heterocycles. The third-order valence-electron chi connectivity index (χ3n) is 4.80. The number of aromatic nitrogens is 1. The van der Waals surface area contributed by atoms with Crippen LogP contribution in [0.2, 0.25) is 0 Å². The van der Waals surface area contributed by atoms with Crippen molar-refractivity contribution in [2.24, 2.45) is 0 Å². The van der Waals surface area contributed by atoms with Crippen LogP contribution in [-0.2, 0) is 4.74 Å². The zero-order valence-corrected chi connectivity index (χ0v) is 16.3. The van der Waals surface area contributed by atoms with E-state index in [4.69, 9.17) is 10.00 Å². The lowest BCUT2D eigenvalue weighted by molar-refractivity contribution is 0.102. The third-order valence-corrected chi connectivity index (χ3v) is 4.80. The fourth-order valence-electron chi connectivity index (χ4n) is 3.27. The van der Waals surface area contributed by atoms with Crippen LogP contribution in [0.3, 0.4) is 0 Å². The first kappa shape index (κ1) is 19.4. The van der Waals surface area contributed by atoms with Gasteiger partial charge in [0.25, 0.3) is 5.91 Å². The van der Waals surface area contributed by atoms with Crippen molar-refractivity contribution in [1.29, 1.82) is 5.26 Å². The van der Waals surface area contributed by atoms with Crippen molar-refractivity contribution < 1.29 is 9.53 Å². The van der Waals surface area contributed by atoms with Crippen LogP contribution in [0.25, 0.3) is 0 Å². The molecule has 4 rings (SSSR count). The number of benzene rings is 2. The number of carbonyl (C=O) groups is 1. The molecule has 0 atom stereocenters. The quantitative estimate of drug-likeness (QED) is 0.678. The van der Waals surface area contributed by atoms with Gasteiger partial charge in [-0.05, 0) is 48.5 Å². The molecule has 150 valence electrons. The highest BCUT2D eigenvalue weighted by atomic mass is 16.5. The number of amides is 1. The smallest absolute Gasteiger partial charge is 0.274 e. The summed E-state index contributed by atoms with van der Waals surface area (Å²) < 4.78 is 5.42. The Morgan fingerprint density at radius 3 is 2.57 bits per heavy atom. The molecule has 1 amide bonds. The largest absolute Gasteiger partial charge is 0.378 e. The predicted octanol–water partition coefficient (Wildman–Crippen LogP) is 3.79. The Labute approximate surface area is 174 Å². The number of nitrogens with one attached hydrogen (secondary N) is 2. The number of nitrogens with zero attached hydrogens (tertiary/aromatic N) is 3. The van der Waals surface area contributed by atoms with Crippen molar-refractivity contribution in [1.82, 2.24) is 4.98 Å². The van der Waals surface area contributed by atoms with Crippen molar-refractivity contribution in [3.63, 3.8) is 0 Å². The summed E-state index contributed by atoms with van der Waals surface area (Å²) in [6.45, 7) is 2.92. The van der Waals surface area contributed by atoms with Gasteiger partial charge in [0.05, 0.1) is 36.2 Å². The van der Waals surface area contributed by atoms with Gasteiger partial charge in [-0.3, -0.25) is 9.78 Å². The van der Waals surface area contributed by atoms with Crippen molar-refractivity contribution in [3.8, 4) is 6.07 Å². The van der Waals surface area contributed by atoms with Crippen LogP contribution in [-0.4, -0.2) is 37.2 Å². The van der Waals surface area contributed by atoms with Crippen molar-refractivity contribution in [2.75, 3.05) is 41.8 Å². The summed E-state index contributed by atoms with van der Waals surface area (Å²) in [7, 11) is 0. The van der Waals surface area contributed by atoms with Crippen molar-refractivity contribution >= 4 is 28.7 Å². The van der Waals surface area contributed by atoms with Gasteiger partial charge in [0.1, 0.15) is 5.69 Å². The molecule has 0 saturated carbocycles. The van der Waals surface area contributed by atoms with Crippen LogP contribution >= 0.6 is 0 Å². The molecule has 7 heteroatoms. The van der Waals surface area contributed by atoms with Gasteiger partial charge in [-0.15, -0.1) is 0 Å². The van der Waals surface area contributed by atoms with E-state index in [0.29, 0.717) is 24.5 Å². The topological polar surface area (TPSA) is 90.3 Å². The molecule has 2 aromatic carbocycles. The molecule has 0 radical (unpaired) electrons. The maximum Gasteiger partial charge on any atom is 0.274 e. The summed E-state index contributed by atoms with van der Waals surface area (Å²) in [5.41, 5.74) is 4.18. The summed E-state index contributed by atoms with van der Waals surface area (Å²) in [6, 6.07) is 20.4. The summed E-state index contributed by atoms with van der Waals surface area (Å²) in [5, 5.41) is 15.1. The standard InChI is InChI=1S/C23H21N5O2/c24-16-17-5-7-18(8-6-17)26-19-9-10-25-21(15-19)23(29)27-20-3-1-2-4-22(20)28-11-13-30-14-12-28/h1-10,15H,11-14H2,(H,25,26)(H,27,29). The minimum Gasteiger partial charge on any atom is -0.378 e. The highest BCUT2D eigenvalue weighted by Gasteiger charge is 2.17. The van der Waals surface area contributed by atoms with Gasteiger partial charge in [0.15, 0.2) is 0 Å². The SMILES string of the molecule is N#Cc1ccc(Nc2ccnc(C(=O)Nc3ccccc3N3CCOCC3)c2)cc1. The molecule has 0 aliphatic carbocycles. The zero-order valence-electron chi connectivity index (χ0n) is 16.3. The van der Waals surface area contributed by atoms with Crippen LogP contribution in [0, 0.1) is 11.3 Å². The Balaban J connectivity index is 1.49. The second-order valence-corrected chi connectivity index (χ2v) is 6.81. The van der Waals surface area contributed by atoms with E-state index < -0.39 is 0 Å². The molecular formula is C23H21N5O2. The first-order valence-corrected chi connectivity index (χ1v) is 9.69. The Hall–Kier alpha value is -3.89. The van der Waals surface area contributed by atoms with Gasteiger partial charge in [0.2, 0.25) is 0 Å². The van der Waals surface area contributed by atoms with Gasteiger partial charge < -0.3 is 20.3 Å². The zero-order chi connectivity index (χ0) is 20.8. The van der Waals surface area contributed by atoms with Crippen molar-refractivity contribution in [3.05, 3.63) is 78.1 Å². The van der Waals surface area contributed by atoms with Crippen LogP contribution in [0.5, 0.6) is 0 Å². The first-order chi connectivity index (χ1) is 14.7. The van der Waals surface area contributed by atoms with Crippen LogP contribution < -0.4 is 15.5 Å². The minimum atomic E-state index is -0.279. The second kappa shape index (κ2) is 9.07. The molecule has 1 aromatic heterocycles. The monoisotopic (exact) mass is 399 g/mol. The molecule has 1 saturated heterocycles. The minimum absolute atomic E-state index is 0.279. The van der Waals surface area contributed by atoms with Gasteiger partial charge in [0, 0.05) is 30.7 Å². The summed E-state index contributed by atoms with van der Waals surface area (Å²) in [4.78, 5) is 19.3. The number of rotatable bonds is 5. The lowest BCUT2D eigenvalue weighted by Crippen LogP contribution is -2.36. The van der Waals surface area contributed by atoms with Crippen LogP contribution in [0.4, 0.5) is 22.7 Å². The van der Waals surface area contributed by atoms with E-state index in [-0.39, 0.29) is 5.91 Å². The number of pyridine rings is 1. The predicted molar refractivity (Wildman–Crippen MR) is 116 cm³/mol. The molecule has 1 fully saturated rings. The van der Waals surface area contributed by atoms with E-state index in [2.05, 4.69) is 26.6 Å². The van der Waals surface area contributed by atoms with E-state index >= 15 is 0 Å². The second-order valence-electron chi connectivity index (χ2n) is 6.81. The first-order valence-electron chi connectivity index (χ1n) is 9.69. The number of para-hydroxylation sites is 2. The molecule has 1 aliphatic rings. The van der Waals surface area contributed by atoms with Gasteiger partial charge >= 0.3 is 0 Å². The number of anilines is 4. The molecule has 7 nitrogen and oxygen atoms in total. The lowest BCUT2D eigenvalue weighted by atomic mass is 10.2. The Bertz CT molecular complexity index is 1070. The van der Waals surface area contributed by atoms with E-state index in [9.17, 15) is 4.79 Å². The molecule has 0 spiro atoms. The summed E-state index contributed by atoms with van der Waals surface area (Å²) in [6.07, 6.45) is 1.59. The molecule has 3 aromatic rings. The fraction of sp³-hybridized carbons (Fsp3) is 0.174. The summed E-state index contributed by atoms with van der Waals surface area (Å²) in [5.74, 6) is -0.279.